The molecule has 0 aromatic carbocycles. The lowest BCUT2D eigenvalue weighted by molar-refractivity contribution is 0.436. The van der Waals surface area contributed by atoms with Crippen LogP contribution in [0.5, 0.6) is 0 Å². The fraction of sp³-hybridized carbons (Fsp3) is 0.545. The quantitative estimate of drug-likeness (QED) is 0.848. The highest BCUT2D eigenvalue weighted by molar-refractivity contribution is 5.38. The molecule has 0 aliphatic heterocycles. The van der Waals surface area contributed by atoms with Gasteiger partial charge in [0.15, 0.2) is 11.5 Å². The van der Waals surface area contributed by atoms with E-state index in [0.29, 0.717) is 5.92 Å². The van der Waals surface area contributed by atoms with Crippen molar-refractivity contribution < 1.29 is 0 Å². The molecule has 0 aliphatic rings. The van der Waals surface area contributed by atoms with Crippen LogP contribution in [0.1, 0.15) is 37.8 Å². The van der Waals surface area contributed by atoms with Gasteiger partial charge in [-0.3, -0.25) is 4.40 Å². The number of aromatic nitrogens is 4. The predicted octanol–water partition coefficient (Wildman–Crippen LogP) is 1.48. The van der Waals surface area contributed by atoms with Gasteiger partial charge in [0.05, 0.1) is 6.04 Å². The van der Waals surface area contributed by atoms with Crippen molar-refractivity contribution in [2.24, 2.45) is 11.7 Å². The van der Waals surface area contributed by atoms with Crippen molar-refractivity contribution in [3.8, 4) is 0 Å². The summed E-state index contributed by atoms with van der Waals surface area (Å²) in [6, 6.07) is 1.81. The molecule has 0 bridgehead atoms. The number of fused-ring (bicyclic) bond motifs is 1. The van der Waals surface area contributed by atoms with Crippen LogP contribution in [0.3, 0.4) is 0 Å². The van der Waals surface area contributed by atoms with E-state index in [1.807, 2.05) is 17.4 Å². The van der Waals surface area contributed by atoms with Gasteiger partial charge in [0.1, 0.15) is 6.33 Å². The molecule has 16 heavy (non-hydrogen) atoms. The van der Waals surface area contributed by atoms with E-state index in [2.05, 4.69) is 29.0 Å². The van der Waals surface area contributed by atoms with E-state index in [-0.39, 0.29) is 6.04 Å². The maximum atomic E-state index is 6.15. The lowest BCUT2D eigenvalue weighted by atomic mass is 10.00. The molecule has 0 aliphatic carbocycles. The Hall–Kier alpha value is -1.49. The molecular formula is C11H17N5. The zero-order valence-corrected chi connectivity index (χ0v) is 9.88. The van der Waals surface area contributed by atoms with Gasteiger partial charge in [-0.15, -0.1) is 10.2 Å². The van der Waals surface area contributed by atoms with Crippen LogP contribution in [0.15, 0.2) is 12.4 Å². The van der Waals surface area contributed by atoms with Crippen molar-refractivity contribution in [2.45, 2.75) is 33.2 Å². The van der Waals surface area contributed by atoms with Gasteiger partial charge in [0.2, 0.25) is 0 Å². The molecule has 2 atom stereocenters. The molecule has 86 valence electrons. The summed E-state index contributed by atoms with van der Waals surface area (Å²) in [5.41, 5.74) is 7.89. The minimum Gasteiger partial charge on any atom is -0.321 e. The number of aryl methyl sites for hydroxylation is 1. The Morgan fingerprint density at radius 2 is 2.19 bits per heavy atom. The summed E-state index contributed by atoms with van der Waals surface area (Å²) in [5.74, 6) is 1.17. The Bertz CT molecular complexity index is 490. The van der Waals surface area contributed by atoms with E-state index in [0.717, 1.165) is 23.6 Å². The zero-order chi connectivity index (χ0) is 11.7. The van der Waals surface area contributed by atoms with Gasteiger partial charge >= 0.3 is 0 Å². The molecule has 2 rings (SSSR count). The number of nitrogens with two attached hydrogens (primary N) is 1. The van der Waals surface area contributed by atoms with E-state index in [4.69, 9.17) is 5.73 Å². The highest BCUT2D eigenvalue weighted by atomic mass is 15.3. The van der Waals surface area contributed by atoms with Gasteiger partial charge < -0.3 is 5.73 Å². The summed E-state index contributed by atoms with van der Waals surface area (Å²) in [7, 11) is 0. The Morgan fingerprint density at radius 1 is 1.44 bits per heavy atom. The first kappa shape index (κ1) is 11.0. The Labute approximate surface area is 94.7 Å². The highest BCUT2D eigenvalue weighted by Crippen LogP contribution is 2.20. The first-order valence-electron chi connectivity index (χ1n) is 5.56. The Balaban J connectivity index is 2.45. The topological polar surface area (TPSA) is 69.1 Å². The number of hydrogen-bond acceptors (Lipinski definition) is 4. The highest BCUT2D eigenvalue weighted by Gasteiger charge is 2.19. The lowest BCUT2D eigenvalue weighted by Gasteiger charge is -2.16. The molecule has 0 saturated carbocycles. The van der Waals surface area contributed by atoms with Crippen molar-refractivity contribution >= 4 is 5.65 Å². The first-order chi connectivity index (χ1) is 7.63. The fourth-order valence-electron chi connectivity index (χ4n) is 1.64. The number of nitrogens with zero attached hydrogens (tertiary/aromatic N) is 4. The van der Waals surface area contributed by atoms with Crippen molar-refractivity contribution in [3.05, 3.63) is 23.9 Å². The third kappa shape index (κ3) is 1.78. The molecular weight excluding hydrogens is 202 g/mol. The van der Waals surface area contributed by atoms with Gasteiger partial charge in [-0.05, 0) is 12.8 Å². The number of rotatable bonds is 3. The van der Waals surface area contributed by atoms with Crippen LogP contribution in [0.4, 0.5) is 0 Å². The standard InChI is InChI=1S/C11H17N5/c1-4-7(2)10(12)11-15-14-9-5-8(3)13-6-16(9)11/h5-7,10H,4,12H2,1-3H3. The van der Waals surface area contributed by atoms with Crippen molar-refractivity contribution in [2.75, 3.05) is 0 Å². The van der Waals surface area contributed by atoms with Crippen LogP contribution in [-0.2, 0) is 0 Å². The maximum absolute atomic E-state index is 6.15. The minimum atomic E-state index is -0.0930. The first-order valence-corrected chi connectivity index (χ1v) is 5.56. The van der Waals surface area contributed by atoms with E-state index < -0.39 is 0 Å². The van der Waals surface area contributed by atoms with Crippen LogP contribution in [0.25, 0.3) is 5.65 Å². The minimum absolute atomic E-state index is 0.0930. The number of hydrogen-bond donors (Lipinski definition) is 1. The van der Waals surface area contributed by atoms with Gasteiger partial charge in [0, 0.05) is 11.8 Å². The summed E-state index contributed by atoms with van der Waals surface area (Å²) < 4.78 is 1.86. The normalized spacial score (nSPS) is 15.2. The smallest absolute Gasteiger partial charge is 0.163 e. The fourth-order valence-corrected chi connectivity index (χ4v) is 1.64. The third-order valence-corrected chi connectivity index (χ3v) is 3.02. The zero-order valence-electron chi connectivity index (χ0n) is 9.88. The molecule has 0 spiro atoms. The molecule has 2 aromatic heterocycles. The summed E-state index contributed by atoms with van der Waals surface area (Å²) in [6.07, 6.45) is 2.76. The molecule has 2 heterocycles. The van der Waals surface area contributed by atoms with Crippen molar-refractivity contribution in [1.29, 1.82) is 0 Å². The van der Waals surface area contributed by atoms with E-state index >= 15 is 0 Å². The van der Waals surface area contributed by atoms with Crippen LogP contribution in [-0.4, -0.2) is 19.6 Å². The van der Waals surface area contributed by atoms with Gasteiger partial charge in [0.25, 0.3) is 0 Å². The van der Waals surface area contributed by atoms with Crippen molar-refractivity contribution in [1.82, 2.24) is 19.6 Å². The van der Waals surface area contributed by atoms with Crippen molar-refractivity contribution in [3.63, 3.8) is 0 Å². The molecule has 0 fully saturated rings. The van der Waals surface area contributed by atoms with Crippen LogP contribution in [0.2, 0.25) is 0 Å². The van der Waals surface area contributed by atoms with E-state index in [1.54, 1.807) is 6.33 Å². The van der Waals surface area contributed by atoms with Crippen LogP contribution < -0.4 is 5.73 Å². The molecule has 5 heteroatoms. The van der Waals surface area contributed by atoms with Crippen LogP contribution >= 0.6 is 0 Å². The maximum Gasteiger partial charge on any atom is 0.163 e. The summed E-state index contributed by atoms with van der Waals surface area (Å²) >= 11 is 0. The van der Waals surface area contributed by atoms with E-state index in [1.165, 1.54) is 0 Å². The molecule has 0 radical (unpaired) electrons. The second kappa shape index (κ2) is 4.17. The van der Waals surface area contributed by atoms with Crippen LogP contribution in [0, 0.1) is 12.8 Å². The molecule has 0 saturated heterocycles. The Morgan fingerprint density at radius 3 is 2.88 bits per heavy atom. The molecule has 2 unspecified atom stereocenters. The second-order valence-corrected chi connectivity index (χ2v) is 4.23. The van der Waals surface area contributed by atoms with E-state index in [9.17, 15) is 0 Å². The van der Waals surface area contributed by atoms with Gasteiger partial charge in [-0.25, -0.2) is 4.98 Å². The largest absolute Gasteiger partial charge is 0.321 e. The third-order valence-electron chi connectivity index (χ3n) is 3.02. The molecule has 2 N–H and O–H groups in total. The average molecular weight is 219 g/mol. The monoisotopic (exact) mass is 219 g/mol. The molecule has 0 amide bonds. The summed E-state index contributed by atoms with van der Waals surface area (Å²) in [5, 5.41) is 8.26. The molecule has 2 aromatic rings. The van der Waals surface area contributed by atoms with Gasteiger partial charge in [-0.1, -0.05) is 20.3 Å². The van der Waals surface area contributed by atoms with Gasteiger partial charge in [-0.2, -0.15) is 0 Å². The summed E-state index contributed by atoms with van der Waals surface area (Å²) in [6.45, 7) is 6.17. The molecule has 5 nitrogen and oxygen atoms in total. The average Bonchev–Trinajstić information content (AvgIpc) is 2.69. The predicted molar refractivity (Wildman–Crippen MR) is 61.9 cm³/mol. The Kier molecular flexibility index (Phi) is 2.87. The lowest BCUT2D eigenvalue weighted by Crippen LogP contribution is -2.21. The summed E-state index contributed by atoms with van der Waals surface area (Å²) in [4.78, 5) is 4.24. The second-order valence-electron chi connectivity index (χ2n) is 4.23. The SMILES string of the molecule is CCC(C)C(N)c1nnc2cc(C)ncn12.